The zero-order valence-corrected chi connectivity index (χ0v) is 14.9. The standard InChI is InChI=1S/C17H35NO2S/c1-3-5-6-7-8-9-10-11-17(18-13-4-2)16-12-14-21(19,20)15-16/h16-18H,3-15H2,1-2H3. The smallest absolute Gasteiger partial charge is 0.150 e. The summed E-state index contributed by atoms with van der Waals surface area (Å²) in [6.45, 7) is 5.43. The fourth-order valence-corrected chi connectivity index (χ4v) is 5.18. The Morgan fingerprint density at radius 1 is 1.00 bits per heavy atom. The molecule has 0 aromatic carbocycles. The first kappa shape index (κ1) is 19.0. The highest BCUT2D eigenvalue weighted by molar-refractivity contribution is 7.91. The average molecular weight is 318 g/mol. The summed E-state index contributed by atoms with van der Waals surface area (Å²) in [5, 5.41) is 3.60. The van der Waals surface area contributed by atoms with Gasteiger partial charge in [0.1, 0.15) is 0 Å². The van der Waals surface area contributed by atoms with Gasteiger partial charge in [0, 0.05) is 6.04 Å². The van der Waals surface area contributed by atoms with Crippen LogP contribution in [0, 0.1) is 5.92 Å². The Bertz CT molecular complexity index is 354. The van der Waals surface area contributed by atoms with Crippen molar-refractivity contribution in [2.24, 2.45) is 5.92 Å². The number of unbranched alkanes of at least 4 members (excludes halogenated alkanes) is 6. The molecule has 2 unspecified atom stereocenters. The lowest BCUT2D eigenvalue weighted by Crippen LogP contribution is -2.37. The molecule has 1 aliphatic rings. The van der Waals surface area contributed by atoms with E-state index in [4.69, 9.17) is 0 Å². The Balaban J connectivity index is 2.24. The molecule has 1 aliphatic heterocycles. The van der Waals surface area contributed by atoms with Crippen LogP contribution < -0.4 is 5.32 Å². The van der Waals surface area contributed by atoms with Crippen molar-refractivity contribution < 1.29 is 8.42 Å². The predicted molar refractivity (Wildman–Crippen MR) is 91.5 cm³/mol. The second-order valence-corrected chi connectivity index (χ2v) is 8.86. The van der Waals surface area contributed by atoms with Crippen LogP contribution in [0.5, 0.6) is 0 Å². The van der Waals surface area contributed by atoms with Gasteiger partial charge in [0.25, 0.3) is 0 Å². The molecule has 4 heteroatoms. The van der Waals surface area contributed by atoms with E-state index in [1.54, 1.807) is 0 Å². The summed E-state index contributed by atoms with van der Waals surface area (Å²) in [6.07, 6.45) is 12.4. The van der Waals surface area contributed by atoms with Gasteiger partial charge in [-0.25, -0.2) is 8.42 Å². The molecule has 0 spiro atoms. The second-order valence-electron chi connectivity index (χ2n) is 6.63. The van der Waals surface area contributed by atoms with E-state index < -0.39 is 9.84 Å². The van der Waals surface area contributed by atoms with E-state index in [0.717, 1.165) is 25.8 Å². The molecule has 21 heavy (non-hydrogen) atoms. The van der Waals surface area contributed by atoms with Gasteiger partial charge in [-0.05, 0) is 31.7 Å². The third-order valence-corrected chi connectivity index (χ3v) is 6.41. The lowest BCUT2D eigenvalue weighted by Gasteiger charge is -2.24. The minimum Gasteiger partial charge on any atom is -0.314 e. The van der Waals surface area contributed by atoms with Crippen molar-refractivity contribution >= 4 is 9.84 Å². The van der Waals surface area contributed by atoms with Gasteiger partial charge in [-0.2, -0.15) is 0 Å². The van der Waals surface area contributed by atoms with E-state index in [1.807, 2.05) is 0 Å². The lowest BCUT2D eigenvalue weighted by atomic mass is 9.93. The van der Waals surface area contributed by atoms with Crippen LogP contribution in [0.4, 0.5) is 0 Å². The van der Waals surface area contributed by atoms with E-state index in [2.05, 4.69) is 19.2 Å². The van der Waals surface area contributed by atoms with Crippen LogP contribution in [0.1, 0.15) is 78.1 Å². The number of rotatable bonds is 12. The molecule has 0 bridgehead atoms. The minimum atomic E-state index is -2.75. The molecule has 0 aliphatic carbocycles. The Morgan fingerprint density at radius 3 is 2.24 bits per heavy atom. The van der Waals surface area contributed by atoms with Crippen LogP contribution >= 0.6 is 0 Å². The Labute approximate surface area is 132 Å². The molecule has 0 radical (unpaired) electrons. The molecular weight excluding hydrogens is 282 g/mol. The normalized spacial score (nSPS) is 22.5. The van der Waals surface area contributed by atoms with Crippen LogP contribution in [0.2, 0.25) is 0 Å². The monoisotopic (exact) mass is 317 g/mol. The van der Waals surface area contributed by atoms with Crippen molar-refractivity contribution in [3.8, 4) is 0 Å². The molecule has 0 aromatic rings. The number of hydrogen-bond acceptors (Lipinski definition) is 3. The van der Waals surface area contributed by atoms with Crippen molar-refractivity contribution in [2.75, 3.05) is 18.1 Å². The van der Waals surface area contributed by atoms with E-state index in [-0.39, 0.29) is 0 Å². The van der Waals surface area contributed by atoms with Crippen molar-refractivity contribution in [3.63, 3.8) is 0 Å². The van der Waals surface area contributed by atoms with Gasteiger partial charge in [0.05, 0.1) is 11.5 Å². The zero-order chi connectivity index (χ0) is 15.6. The summed E-state index contributed by atoms with van der Waals surface area (Å²) >= 11 is 0. The summed E-state index contributed by atoms with van der Waals surface area (Å²) in [6, 6.07) is 0.415. The third-order valence-electron chi connectivity index (χ3n) is 4.61. The van der Waals surface area contributed by atoms with Gasteiger partial charge in [-0.3, -0.25) is 0 Å². The van der Waals surface area contributed by atoms with Crippen LogP contribution in [0.15, 0.2) is 0 Å². The first-order chi connectivity index (χ1) is 10.1. The quantitative estimate of drug-likeness (QED) is 0.555. The van der Waals surface area contributed by atoms with Gasteiger partial charge in [0.2, 0.25) is 0 Å². The highest BCUT2D eigenvalue weighted by atomic mass is 32.2. The Kier molecular flexibility index (Phi) is 9.57. The van der Waals surface area contributed by atoms with Crippen LogP contribution in [-0.2, 0) is 9.84 Å². The fraction of sp³-hybridized carbons (Fsp3) is 1.00. The van der Waals surface area contributed by atoms with E-state index >= 15 is 0 Å². The third kappa shape index (κ3) is 8.20. The van der Waals surface area contributed by atoms with E-state index in [9.17, 15) is 8.42 Å². The minimum absolute atomic E-state index is 0.349. The van der Waals surface area contributed by atoms with Crippen molar-refractivity contribution in [1.29, 1.82) is 0 Å². The zero-order valence-electron chi connectivity index (χ0n) is 14.1. The molecule has 0 amide bonds. The molecule has 126 valence electrons. The first-order valence-corrected chi connectivity index (χ1v) is 10.8. The summed E-state index contributed by atoms with van der Waals surface area (Å²) in [4.78, 5) is 0. The maximum atomic E-state index is 11.7. The first-order valence-electron chi connectivity index (χ1n) is 9.03. The van der Waals surface area contributed by atoms with Crippen molar-refractivity contribution in [2.45, 2.75) is 84.1 Å². The van der Waals surface area contributed by atoms with E-state index in [1.165, 1.54) is 44.9 Å². The molecule has 3 nitrogen and oxygen atoms in total. The molecular formula is C17H35NO2S. The second kappa shape index (κ2) is 10.6. The highest BCUT2D eigenvalue weighted by Gasteiger charge is 2.32. The Morgan fingerprint density at radius 2 is 1.67 bits per heavy atom. The van der Waals surface area contributed by atoms with Gasteiger partial charge >= 0.3 is 0 Å². The van der Waals surface area contributed by atoms with Crippen molar-refractivity contribution in [1.82, 2.24) is 5.32 Å². The number of nitrogens with one attached hydrogen (secondary N) is 1. The Hall–Kier alpha value is -0.0900. The molecule has 1 heterocycles. The van der Waals surface area contributed by atoms with Crippen molar-refractivity contribution in [3.05, 3.63) is 0 Å². The summed E-state index contributed by atoms with van der Waals surface area (Å²) in [7, 11) is -2.75. The van der Waals surface area contributed by atoms with Gasteiger partial charge in [-0.1, -0.05) is 58.8 Å². The van der Waals surface area contributed by atoms with Crippen LogP contribution in [0.25, 0.3) is 0 Å². The molecule has 1 saturated heterocycles. The molecule has 0 saturated carbocycles. The van der Waals surface area contributed by atoms with Gasteiger partial charge in [0.15, 0.2) is 9.84 Å². The molecule has 1 fully saturated rings. The van der Waals surface area contributed by atoms with Crippen LogP contribution in [-0.4, -0.2) is 32.5 Å². The topological polar surface area (TPSA) is 46.2 Å². The average Bonchev–Trinajstić information content (AvgIpc) is 2.81. The van der Waals surface area contributed by atoms with Gasteiger partial charge < -0.3 is 5.32 Å². The van der Waals surface area contributed by atoms with E-state index in [0.29, 0.717) is 23.5 Å². The largest absolute Gasteiger partial charge is 0.314 e. The van der Waals surface area contributed by atoms with Crippen LogP contribution in [0.3, 0.4) is 0 Å². The number of sulfone groups is 1. The SMILES string of the molecule is CCCCCCCCCC(NCCC)C1CCS(=O)(=O)C1. The number of hydrogen-bond donors (Lipinski definition) is 1. The summed E-state index contributed by atoms with van der Waals surface area (Å²) in [5.41, 5.74) is 0. The summed E-state index contributed by atoms with van der Waals surface area (Å²) in [5.74, 6) is 1.16. The predicted octanol–water partition coefficient (Wildman–Crippen LogP) is 3.93. The summed E-state index contributed by atoms with van der Waals surface area (Å²) < 4.78 is 23.3. The highest BCUT2D eigenvalue weighted by Crippen LogP contribution is 2.25. The maximum absolute atomic E-state index is 11.7. The molecule has 1 N–H and O–H groups in total. The fourth-order valence-electron chi connectivity index (χ4n) is 3.30. The lowest BCUT2D eigenvalue weighted by molar-refractivity contribution is 0.349. The molecule has 1 rings (SSSR count). The molecule has 2 atom stereocenters. The molecule has 0 aromatic heterocycles. The van der Waals surface area contributed by atoms with Gasteiger partial charge in [-0.15, -0.1) is 0 Å². The maximum Gasteiger partial charge on any atom is 0.150 e.